The monoisotopic (exact) mass is 346 g/mol. The topological polar surface area (TPSA) is 67.9 Å². The van der Waals surface area contributed by atoms with Crippen molar-refractivity contribution in [2.45, 2.75) is 32.3 Å². The molecule has 2 heterocycles. The van der Waals surface area contributed by atoms with Gasteiger partial charge in [0, 0.05) is 6.42 Å². The Labute approximate surface area is 148 Å². The Hall–Kier alpha value is -2.08. The lowest BCUT2D eigenvalue weighted by Gasteiger charge is -2.30. The van der Waals surface area contributed by atoms with Crippen molar-refractivity contribution in [2.75, 3.05) is 32.8 Å². The van der Waals surface area contributed by atoms with E-state index in [4.69, 9.17) is 9.47 Å². The highest BCUT2D eigenvalue weighted by Gasteiger charge is 2.27. The Morgan fingerprint density at radius 1 is 1.28 bits per heavy atom. The van der Waals surface area contributed by atoms with Gasteiger partial charge in [0.15, 0.2) is 0 Å². The Balaban J connectivity index is 1.35. The number of esters is 1. The third kappa shape index (κ3) is 4.72. The van der Waals surface area contributed by atoms with E-state index in [0.29, 0.717) is 19.7 Å². The number of fused-ring (bicyclic) bond motifs is 1. The van der Waals surface area contributed by atoms with Crippen LogP contribution in [0.25, 0.3) is 0 Å². The average Bonchev–Trinajstić information content (AvgIpc) is 3.04. The van der Waals surface area contributed by atoms with Crippen LogP contribution in [0.3, 0.4) is 0 Å². The van der Waals surface area contributed by atoms with Gasteiger partial charge in [0.1, 0.15) is 11.9 Å². The zero-order valence-electron chi connectivity index (χ0n) is 14.7. The van der Waals surface area contributed by atoms with E-state index in [1.54, 1.807) is 0 Å². The van der Waals surface area contributed by atoms with Crippen LogP contribution in [0, 0.1) is 5.92 Å². The number of amides is 1. The molecule has 0 spiro atoms. The second-order valence-electron chi connectivity index (χ2n) is 6.66. The lowest BCUT2D eigenvalue weighted by molar-refractivity contribution is -0.149. The number of carbonyl (C=O) groups excluding carboxylic acids is 2. The van der Waals surface area contributed by atoms with Gasteiger partial charge >= 0.3 is 5.97 Å². The molecule has 25 heavy (non-hydrogen) atoms. The fourth-order valence-electron chi connectivity index (χ4n) is 3.44. The minimum Gasteiger partial charge on any atom is -0.488 e. The molecule has 1 atom stereocenters. The Morgan fingerprint density at radius 2 is 2.04 bits per heavy atom. The van der Waals surface area contributed by atoms with E-state index in [2.05, 4.69) is 16.3 Å². The summed E-state index contributed by atoms with van der Waals surface area (Å²) in [5.41, 5.74) is 1.20. The number of nitrogens with one attached hydrogen (secondary N) is 1. The number of likely N-dealkylation sites (tertiary alicyclic amines) is 1. The summed E-state index contributed by atoms with van der Waals surface area (Å²) in [4.78, 5) is 26.0. The van der Waals surface area contributed by atoms with Crippen molar-refractivity contribution in [1.29, 1.82) is 0 Å². The molecule has 0 saturated carbocycles. The molecule has 6 nitrogen and oxygen atoms in total. The quantitative estimate of drug-likeness (QED) is 0.788. The molecule has 6 heteroatoms. The third-order valence-corrected chi connectivity index (χ3v) is 4.82. The summed E-state index contributed by atoms with van der Waals surface area (Å²) >= 11 is 0. The summed E-state index contributed by atoms with van der Waals surface area (Å²) in [7, 11) is 0. The smallest absolute Gasteiger partial charge is 0.309 e. The summed E-state index contributed by atoms with van der Waals surface area (Å²) in [6.07, 6.45) is 2.36. The van der Waals surface area contributed by atoms with Gasteiger partial charge < -0.3 is 14.8 Å². The van der Waals surface area contributed by atoms with Crippen molar-refractivity contribution < 1.29 is 19.1 Å². The normalized spacial score (nSPS) is 20.6. The molecule has 1 unspecified atom stereocenters. The van der Waals surface area contributed by atoms with Crippen LogP contribution in [-0.2, 0) is 20.7 Å². The highest BCUT2D eigenvalue weighted by atomic mass is 16.5. The lowest BCUT2D eigenvalue weighted by atomic mass is 9.97. The molecule has 2 aliphatic rings. The Bertz CT molecular complexity index is 586. The summed E-state index contributed by atoms with van der Waals surface area (Å²) in [6, 6.07) is 7.98. The standard InChI is InChI=1S/C19H26N2O4/c1-2-24-19(23)14-7-9-21(10-8-14)13-18(22)20-12-16-11-15-5-3-4-6-17(15)25-16/h3-6,14,16H,2,7-13H2,1H3,(H,20,22). The van der Waals surface area contributed by atoms with Crippen LogP contribution >= 0.6 is 0 Å². The number of rotatable bonds is 6. The number of para-hydroxylation sites is 1. The minimum absolute atomic E-state index is 0.00846. The van der Waals surface area contributed by atoms with Crippen LogP contribution in [0.2, 0.25) is 0 Å². The summed E-state index contributed by atoms with van der Waals surface area (Å²) in [6.45, 7) is 4.64. The number of piperidine rings is 1. The predicted molar refractivity (Wildman–Crippen MR) is 93.4 cm³/mol. The van der Waals surface area contributed by atoms with Gasteiger partial charge in [0.25, 0.3) is 0 Å². The molecule has 136 valence electrons. The third-order valence-electron chi connectivity index (χ3n) is 4.82. The fraction of sp³-hybridized carbons (Fsp3) is 0.579. The van der Waals surface area contributed by atoms with Crippen molar-refractivity contribution in [2.24, 2.45) is 5.92 Å². The summed E-state index contributed by atoms with van der Waals surface area (Å²) in [5, 5.41) is 2.96. The van der Waals surface area contributed by atoms with Gasteiger partial charge in [-0.3, -0.25) is 14.5 Å². The van der Waals surface area contributed by atoms with E-state index < -0.39 is 0 Å². The maximum absolute atomic E-state index is 12.2. The molecular formula is C19H26N2O4. The van der Waals surface area contributed by atoms with Crippen LogP contribution < -0.4 is 10.1 Å². The molecule has 1 fully saturated rings. The first-order chi connectivity index (χ1) is 12.2. The molecule has 0 radical (unpaired) electrons. The number of ether oxygens (including phenoxy) is 2. The molecule has 0 aliphatic carbocycles. The molecular weight excluding hydrogens is 320 g/mol. The zero-order valence-corrected chi connectivity index (χ0v) is 14.7. The van der Waals surface area contributed by atoms with Crippen LogP contribution in [0.15, 0.2) is 24.3 Å². The van der Waals surface area contributed by atoms with Gasteiger partial charge in [0.05, 0.1) is 25.6 Å². The Kier molecular flexibility index (Phi) is 5.91. The average molecular weight is 346 g/mol. The molecule has 0 aromatic heterocycles. The van der Waals surface area contributed by atoms with Gasteiger partial charge in [-0.1, -0.05) is 18.2 Å². The molecule has 0 bridgehead atoms. The second-order valence-corrected chi connectivity index (χ2v) is 6.66. The van der Waals surface area contributed by atoms with Crippen LogP contribution in [0.1, 0.15) is 25.3 Å². The summed E-state index contributed by atoms with van der Waals surface area (Å²) in [5.74, 6) is 0.797. The van der Waals surface area contributed by atoms with Crippen molar-refractivity contribution in [1.82, 2.24) is 10.2 Å². The molecule has 1 N–H and O–H groups in total. The molecule has 1 aromatic carbocycles. The van der Waals surface area contributed by atoms with E-state index in [0.717, 1.165) is 38.1 Å². The first-order valence-electron chi connectivity index (χ1n) is 9.06. The van der Waals surface area contributed by atoms with Crippen LogP contribution in [0.5, 0.6) is 5.75 Å². The predicted octanol–water partition coefficient (Wildman–Crippen LogP) is 1.38. The van der Waals surface area contributed by atoms with Gasteiger partial charge in [0.2, 0.25) is 5.91 Å². The van der Waals surface area contributed by atoms with Crippen molar-refractivity contribution in [3.8, 4) is 5.75 Å². The van der Waals surface area contributed by atoms with Gasteiger partial charge in [-0.25, -0.2) is 0 Å². The maximum atomic E-state index is 12.2. The highest BCUT2D eigenvalue weighted by molar-refractivity contribution is 5.78. The maximum Gasteiger partial charge on any atom is 0.309 e. The van der Waals surface area contributed by atoms with E-state index in [1.807, 2.05) is 25.1 Å². The van der Waals surface area contributed by atoms with E-state index in [1.165, 1.54) is 5.56 Å². The van der Waals surface area contributed by atoms with E-state index >= 15 is 0 Å². The second kappa shape index (κ2) is 8.34. The summed E-state index contributed by atoms with van der Waals surface area (Å²) < 4.78 is 10.9. The van der Waals surface area contributed by atoms with Crippen LogP contribution in [-0.4, -0.2) is 55.7 Å². The molecule has 1 saturated heterocycles. The SMILES string of the molecule is CCOC(=O)C1CCN(CC(=O)NCC2Cc3ccccc3O2)CC1. The molecule has 1 aromatic rings. The molecule has 2 aliphatic heterocycles. The fourth-order valence-corrected chi connectivity index (χ4v) is 3.44. The van der Waals surface area contributed by atoms with Crippen molar-refractivity contribution in [3.63, 3.8) is 0 Å². The Morgan fingerprint density at radius 3 is 2.76 bits per heavy atom. The number of nitrogens with zero attached hydrogens (tertiary/aromatic N) is 1. The first kappa shape index (κ1) is 17.7. The number of hydrogen-bond donors (Lipinski definition) is 1. The molecule has 3 rings (SSSR count). The minimum atomic E-state index is -0.107. The van der Waals surface area contributed by atoms with Crippen molar-refractivity contribution >= 4 is 11.9 Å². The van der Waals surface area contributed by atoms with Crippen molar-refractivity contribution in [3.05, 3.63) is 29.8 Å². The van der Waals surface area contributed by atoms with Gasteiger partial charge in [-0.2, -0.15) is 0 Å². The van der Waals surface area contributed by atoms with Crippen LogP contribution in [0.4, 0.5) is 0 Å². The largest absolute Gasteiger partial charge is 0.488 e. The first-order valence-corrected chi connectivity index (χ1v) is 9.06. The zero-order chi connectivity index (χ0) is 17.6. The van der Waals surface area contributed by atoms with E-state index in [-0.39, 0.29) is 23.9 Å². The van der Waals surface area contributed by atoms with E-state index in [9.17, 15) is 9.59 Å². The number of carbonyl (C=O) groups is 2. The molecule has 1 amide bonds. The number of benzene rings is 1. The highest BCUT2D eigenvalue weighted by Crippen LogP contribution is 2.27. The lowest BCUT2D eigenvalue weighted by Crippen LogP contribution is -2.44. The van der Waals surface area contributed by atoms with Gasteiger partial charge in [-0.15, -0.1) is 0 Å². The van der Waals surface area contributed by atoms with Gasteiger partial charge in [-0.05, 0) is 44.5 Å². The number of hydrogen-bond acceptors (Lipinski definition) is 5.